The van der Waals surface area contributed by atoms with E-state index in [1.54, 1.807) is 47.4 Å². The standard InChI is InChI=1S/C23H22N4O4/c1-3-27(15-21-25-18-7-5-4-6-17(18)23(29)26-21)22(28)11-9-16-8-10-19(31-13-12-24)20(14-16)30-2/h4-11,14H,3,13,15H2,1-2H3,(H,25,26,29)/b11-9+. The number of aromatic nitrogens is 2. The van der Waals surface area contributed by atoms with Gasteiger partial charge < -0.3 is 19.4 Å². The lowest BCUT2D eigenvalue weighted by Gasteiger charge is -2.18. The third-order valence-corrected chi connectivity index (χ3v) is 4.59. The number of likely N-dealkylation sites (N-methyl/N-ethyl adjacent to an activating group) is 1. The Morgan fingerprint density at radius 3 is 2.81 bits per heavy atom. The van der Waals surface area contributed by atoms with Crippen molar-refractivity contribution in [3.8, 4) is 17.6 Å². The first-order chi connectivity index (χ1) is 15.0. The number of ether oxygens (including phenoxy) is 2. The number of amides is 1. The molecule has 1 heterocycles. The van der Waals surface area contributed by atoms with Crippen LogP contribution in [0.5, 0.6) is 11.5 Å². The van der Waals surface area contributed by atoms with Crippen LogP contribution in [0, 0.1) is 11.3 Å². The van der Waals surface area contributed by atoms with Crippen LogP contribution in [0.15, 0.2) is 53.3 Å². The molecule has 8 heteroatoms. The maximum atomic E-state index is 12.7. The zero-order valence-electron chi connectivity index (χ0n) is 17.3. The number of hydrogen-bond donors (Lipinski definition) is 1. The molecule has 3 aromatic rings. The van der Waals surface area contributed by atoms with E-state index in [4.69, 9.17) is 14.7 Å². The van der Waals surface area contributed by atoms with Crippen molar-refractivity contribution in [1.29, 1.82) is 5.26 Å². The van der Waals surface area contributed by atoms with Crippen LogP contribution in [0.25, 0.3) is 17.0 Å². The smallest absolute Gasteiger partial charge is 0.258 e. The minimum absolute atomic E-state index is 0.0829. The van der Waals surface area contributed by atoms with Crippen LogP contribution in [0.3, 0.4) is 0 Å². The molecule has 1 N–H and O–H groups in total. The van der Waals surface area contributed by atoms with Gasteiger partial charge in [0, 0.05) is 12.6 Å². The summed E-state index contributed by atoms with van der Waals surface area (Å²) in [7, 11) is 1.50. The molecule has 0 atom stereocenters. The number of rotatable bonds is 8. The van der Waals surface area contributed by atoms with E-state index >= 15 is 0 Å². The average molecular weight is 418 g/mol. The molecule has 0 aliphatic rings. The topological polar surface area (TPSA) is 108 Å². The fourth-order valence-corrected chi connectivity index (χ4v) is 3.03. The summed E-state index contributed by atoms with van der Waals surface area (Å²) >= 11 is 0. The molecule has 31 heavy (non-hydrogen) atoms. The van der Waals surface area contributed by atoms with E-state index in [2.05, 4.69) is 9.97 Å². The number of fused-ring (bicyclic) bond motifs is 1. The molecule has 8 nitrogen and oxygen atoms in total. The molecule has 2 aromatic carbocycles. The second-order valence-electron chi connectivity index (χ2n) is 6.57. The molecule has 0 bridgehead atoms. The number of nitriles is 1. The molecular weight excluding hydrogens is 396 g/mol. The van der Waals surface area contributed by atoms with Gasteiger partial charge in [0.15, 0.2) is 18.1 Å². The maximum absolute atomic E-state index is 12.7. The number of hydrogen-bond acceptors (Lipinski definition) is 6. The lowest BCUT2D eigenvalue weighted by Crippen LogP contribution is -2.30. The minimum Gasteiger partial charge on any atom is -0.493 e. The molecular formula is C23H22N4O4. The Morgan fingerprint density at radius 2 is 2.06 bits per heavy atom. The number of nitrogens with zero attached hydrogens (tertiary/aromatic N) is 3. The highest BCUT2D eigenvalue weighted by atomic mass is 16.5. The molecule has 3 rings (SSSR count). The average Bonchev–Trinajstić information content (AvgIpc) is 2.79. The second kappa shape index (κ2) is 10.1. The van der Waals surface area contributed by atoms with Crippen molar-refractivity contribution in [2.24, 2.45) is 0 Å². The summed E-state index contributed by atoms with van der Waals surface area (Å²) in [6, 6.07) is 14.1. The summed E-state index contributed by atoms with van der Waals surface area (Å²) in [5.74, 6) is 1.12. The third kappa shape index (κ3) is 5.28. The molecule has 0 saturated heterocycles. The first kappa shape index (κ1) is 21.6. The van der Waals surface area contributed by atoms with Gasteiger partial charge >= 0.3 is 0 Å². The quantitative estimate of drug-likeness (QED) is 0.564. The molecule has 1 aromatic heterocycles. The Bertz CT molecular complexity index is 1210. The Morgan fingerprint density at radius 1 is 1.26 bits per heavy atom. The monoisotopic (exact) mass is 418 g/mol. The lowest BCUT2D eigenvalue weighted by molar-refractivity contribution is -0.126. The van der Waals surface area contributed by atoms with E-state index in [0.717, 1.165) is 5.56 Å². The molecule has 0 spiro atoms. The summed E-state index contributed by atoms with van der Waals surface area (Å²) in [6.07, 6.45) is 3.12. The number of para-hydroxylation sites is 1. The van der Waals surface area contributed by atoms with Crippen molar-refractivity contribution >= 4 is 22.9 Å². The van der Waals surface area contributed by atoms with Gasteiger partial charge in [0.1, 0.15) is 11.9 Å². The van der Waals surface area contributed by atoms with E-state index in [-0.39, 0.29) is 24.6 Å². The molecule has 0 aliphatic carbocycles. The Labute approximate surface area is 179 Å². The number of carbonyl (C=O) groups is 1. The van der Waals surface area contributed by atoms with Crippen LogP contribution in [-0.2, 0) is 11.3 Å². The largest absolute Gasteiger partial charge is 0.493 e. The van der Waals surface area contributed by atoms with Gasteiger partial charge in [-0.3, -0.25) is 9.59 Å². The van der Waals surface area contributed by atoms with E-state index in [1.165, 1.54) is 13.2 Å². The molecule has 158 valence electrons. The third-order valence-electron chi connectivity index (χ3n) is 4.59. The molecule has 1 amide bonds. The highest BCUT2D eigenvalue weighted by molar-refractivity contribution is 5.91. The summed E-state index contributed by atoms with van der Waals surface area (Å²) in [5.41, 5.74) is 1.10. The van der Waals surface area contributed by atoms with Crippen LogP contribution >= 0.6 is 0 Å². The van der Waals surface area contributed by atoms with Gasteiger partial charge in [-0.2, -0.15) is 5.26 Å². The van der Waals surface area contributed by atoms with Crippen LogP contribution < -0.4 is 15.0 Å². The number of aromatic amines is 1. The van der Waals surface area contributed by atoms with Crippen molar-refractivity contribution in [3.63, 3.8) is 0 Å². The summed E-state index contributed by atoms with van der Waals surface area (Å²) in [6.45, 7) is 2.41. The van der Waals surface area contributed by atoms with Crippen molar-refractivity contribution in [3.05, 3.63) is 70.3 Å². The summed E-state index contributed by atoms with van der Waals surface area (Å²) in [4.78, 5) is 33.7. The zero-order valence-corrected chi connectivity index (χ0v) is 17.3. The normalized spacial score (nSPS) is 10.7. The molecule has 0 saturated carbocycles. The van der Waals surface area contributed by atoms with Gasteiger partial charge in [-0.15, -0.1) is 0 Å². The maximum Gasteiger partial charge on any atom is 0.258 e. The second-order valence-corrected chi connectivity index (χ2v) is 6.57. The van der Waals surface area contributed by atoms with Crippen LogP contribution in [0.1, 0.15) is 18.3 Å². The van der Waals surface area contributed by atoms with Gasteiger partial charge in [-0.1, -0.05) is 18.2 Å². The van der Waals surface area contributed by atoms with Crippen molar-refractivity contribution < 1.29 is 14.3 Å². The zero-order chi connectivity index (χ0) is 22.2. The van der Waals surface area contributed by atoms with Crippen molar-refractivity contribution in [2.45, 2.75) is 13.5 Å². The number of benzene rings is 2. The first-order valence-electron chi connectivity index (χ1n) is 9.68. The van der Waals surface area contributed by atoms with Crippen molar-refractivity contribution in [2.75, 3.05) is 20.3 Å². The van der Waals surface area contributed by atoms with Gasteiger partial charge in [-0.25, -0.2) is 4.98 Å². The Balaban J connectivity index is 1.75. The van der Waals surface area contributed by atoms with Gasteiger partial charge in [0.2, 0.25) is 5.91 Å². The SMILES string of the molecule is CCN(Cc1nc2ccccc2c(=O)[nH]1)C(=O)/C=C/c1ccc(OCC#N)c(OC)c1. The molecule has 0 unspecified atom stereocenters. The fourth-order valence-electron chi connectivity index (χ4n) is 3.03. The first-order valence-corrected chi connectivity index (χ1v) is 9.68. The minimum atomic E-state index is -0.231. The Hall–Kier alpha value is -4.12. The highest BCUT2D eigenvalue weighted by Crippen LogP contribution is 2.28. The highest BCUT2D eigenvalue weighted by Gasteiger charge is 2.12. The van der Waals surface area contributed by atoms with E-state index in [9.17, 15) is 9.59 Å². The number of methoxy groups -OCH3 is 1. The predicted octanol–water partition coefficient (Wildman–Crippen LogP) is 2.90. The molecule has 0 fully saturated rings. The lowest BCUT2D eigenvalue weighted by atomic mass is 10.2. The molecule has 0 radical (unpaired) electrons. The van der Waals surface area contributed by atoms with Crippen LogP contribution in [0.2, 0.25) is 0 Å². The van der Waals surface area contributed by atoms with Gasteiger partial charge in [-0.05, 0) is 42.8 Å². The predicted molar refractivity (Wildman–Crippen MR) is 117 cm³/mol. The summed E-state index contributed by atoms with van der Waals surface area (Å²) in [5, 5.41) is 9.16. The number of carbonyl (C=O) groups excluding carboxylic acids is 1. The summed E-state index contributed by atoms with van der Waals surface area (Å²) < 4.78 is 10.6. The van der Waals surface area contributed by atoms with Crippen molar-refractivity contribution in [1.82, 2.24) is 14.9 Å². The molecule has 0 aliphatic heterocycles. The van der Waals surface area contributed by atoms with Gasteiger partial charge in [0.25, 0.3) is 5.56 Å². The van der Waals surface area contributed by atoms with Gasteiger partial charge in [0.05, 0.1) is 24.6 Å². The van der Waals surface area contributed by atoms with E-state index < -0.39 is 0 Å². The van der Waals surface area contributed by atoms with Crippen LogP contribution in [-0.4, -0.2) is 41.0 Å². The van der Waals surface area contributed by atoms with E-state index in [1.807, 2.05) is 19.1 Å². The number of nitrogens with one attached hydrogen (secondary N) is 1. The Kier molecular flexibility index (Phi) is 7.01. The van der Waals surface area contributed by atoms with E-state index in [0.29, 0.717) is 34.8 Å². The van der Waals surface area contributed by atoms with Crippen LogP contribution in [0.4, 0.5) is 0 Å². The fraction of sp³-hybridized carbons (Fsp3) is 0.217. The number of H-pyrrole nitrogens is 1.